The predicted octanol–water partition coefficient (Wildman–Crippen LogP) is 3.44. The number of carbonyl (C=O) groups is 1. The van der Waals surface area contributed by atoms with Crippen molar-refractivity contribution >= 4 is 11.9 Å². The highest BCUT2D eigenvalue weighted by molar-refractivity contribution is 5.68. The second kappa shape index (κ2) is 9.69. The Morgan fingerprint density at radius 2 is 1.86 bits per heavy atom. The molecule has 10 nitrogen and oxygen atoms in total. The van der Waals surface area contributed by atoms with Crippen LogP contribution in [0.3, 0.4) is 0 Å². The largest absolute Gasteiger partial charge is 0.481 e. The van der Waals surface area contributed by atoms with Gasteiger partial charge >= 0.3 is 5.97 Å². The van der Waals surface area contributed by atoms with Crippen LogP contribution in [0, 0.1) is 11.3 Å². The molecule has 0 unspecified atom stereocenters. The Kier molecular flexibility index (Phi) is 6.51. The van der Waals surface area contributed by atoms with Gasteiger partial charge in [-0.1, -0.05) is 37.3 Å². The summed E-state index contributed by atoms with van der Waals surface area (Å²) in [6.07, 6.45) is 2.32. The zero-order valence-corrected chi connectivity index (χ0v) is 19.4. The van der Waals surface area contributed by atoms with E-state index >= 15 is 0 Å². The number of benzene rings is 1. The summed E-state index contributed by atoms with van der Waals surface area (Å²) in [5.74, 6) is -0.733. The number of carboxylic acid groups (broad SMARTS) is 1. The van der Waals surface area contributed by atoms with Gasteiger partial charge in [0.05, 0.1) is 41.5 Å². The first-order valence-corrected chi connectivity index (χ1v) is 11.0. The van der Waals surface area contributed by atoms with Gasteiger partial charge in [0.25, 0.3) is 0 Å². The highest BCUT2D eigenvalue weighted by Crippen LogP contribution is 2.27. The quantitative estimate of drug-likeness (QED) is 0.395. The van der Waals surface area contributed by atoms with Gasteiger partial charge in [0.15, 0.2) is 0 Å². The van der Waals surface area contributed by atoms with Gasteiger partial charge in [-0.3, -0.25) is 9.78 Å². The van der Waals surface area contributed by atoms with Gasteiger partial charge in [-0.15, -0.1) is 5.10 Å². The van der Waals surface area contributed by atoms with Crippen molar-refractivity contribution in [3.05, 3.63) is 71.7 Å². The normalized spacial score (nSPS) is 11.2. The molecular weight excluding hydrogens is 444 g/mol. The zero-order valence-electron chi connectivity index (χ0n) is 19.4. The Balaban J connectivity index is 1.56. The molecule has 0 fully saturated rings. The fraction of sp³-hybridized carbons (Fsp3) is 0.240. The minimum absolute atomic E-state index is 0.0796. The summed E-state index contributed by atoms with van der Waals surface area (Å²) in [7, 11) is 0. The van der Waals surface area contributed by atoms with Crippen LogP contribution in [0.5, 0.6) is 0 Å². The fourth-order valence-corrected chi connectivity index (χ4v) is 3.64. The molecule has 0 aliphatic rings. The van der Waals surface area contributed by atoms with E-state index in [4.69, 9.17) is 15.8 Å². The van der Waals surface area contributed by atoms with Crippen LogP contribution in [0.4, 0.5) is 5.95 Å². The number of hydrogen-bond donors (Lipinski definition) is 2. The highest BCUT2D eigenvalue weighted by Gasteiger charge is 2.23. The summed E-state index contributed by atoms with van der Waals surface area (Å²) in [6.45, 7) is 4.35. The molecule has 0 amide bonds. The number of carboxylic acids is 1. The topological polar surface area (TPSA) is 156 Å². The molecule has 35 heavy (non-hydrogen) atoms. The molecule has 10 heteroatoms. The molecule has 0 atom stereocenters. The van der Waals surface area contributed by atoms with Gasteiger partial charge in [-0.2, -0.15) is 5.26 Å². The smallest absolute Gasteiger partial charge is 0.303 e. The molecule has 3 heterocycles. The van der Waals surface area contributed by atoms with Crippen molar-refractivity contribution in [2.45, 2.75) is 38.6 Å². The van der Waals surface area contributed by atoms with Crippen molar-refractivity contribution < 1.29 is 9.90 Å². The maximum Gasteiger partial charge on any atom is 0.303 e. The van der Waals surface area contributed by atoms with Crippen molar-refractivity contribution in [2.75, 3.05) is 5.73 Å². The summed E-state index contributed by atoms with van der Waals surface area (Å²) in [5, 5.41) is 26.6. The predicted molar refractivity (Wildman–Crippen MR) is 129 cm³/mol. The van der Waals surface area contributed by atoms with E-state index < -0.39 is 5.97 Å². The molecule has 0 spiro atoms. The van der Waals surface area contributed by atoms with E-state index in [1.807, 2.05) is 38.1 Å². The monoisotopic (exact) mass is 468 g/mol. The minimum Gasteiger partial charge on any atom is -0.481 e. The number of aliphatic carboxylic acids is 1. The molecule has 0 aliphatic heterocycles. The summed E-state index contributed by atoms with van der Waals surface area (Å²) >= 11 is 0. The van der Waals surface area contributed by atoms with Crippen LogP contribution in [-0.2, 0) is 16.8 Å². The lowest BCUT2D eigenvalue weighted by Gasteiger charge is -2.23. The van der Waals surface area contributed by atoms with Crippen LogP contribution in [0.1, 0.15) is 43.6 Å². The number of aromatic nitrogens is 6. The molecule has 0 bridgehead atoms. The summed E-state index contributed by atoms with van der Waals surface area (Å²) in [4.78, 5) is 24.3. The zero-order chi connectivity index (χ0) is 25.0. The third-order valence-electron chi connectivity index (χ3n) is 5.62. The first-order chi connectivity index (χ1) is 16.7. The summed E-state index contributed by atoms with van der Waals surface area (Å²) in [5.41, 5.74) is 10.1. The number of nitrogen functional groups attached to an aromatic ring is 1. The van der Waals surface area contributed by atoms with Crippen LogP contribution < -0.4 is 5.73 Å². The highest BCUT2D eigenvalue weighted by atomic mass is 16.4. The molecule has 176 valence electrons. The number of rotatable bonds is 8. The van der Waals surface area contributed by atoms with Gasteiger partial charge in [0, 0.05) is 23.1 Å². The number of hydrogen-bond acceptors (Lipinski definition) is 8. The van der Waals surface area contributed by atoms with E-state index in [2.05, 4.69) is 26.3 Å². The van der Waals surface area contributed by atoms with Gasteiger partial charge in [0.1, 0.15) is 5.69 Å². The first kappa shape index (κ1) is 23.5. The molecule has 0 radical (unpaired) electrons. The van der Waals surface area contributed by atoms with Crippen molar-refractivity contribution in [2.24, 2.45) is 0 Å². The summed E-state index contributed by atoms with van der Waals surface area (Å²) < 4.78 is 1.65. The first-order valence-electron chi connectivity index (χ1n) is 11.0. The van der Waals surface area contributed by atoms with Gasteiger partial charge in [-0.25, -0.2) is 14.6 Å². The average molecular weight is 469 g/mol. The Morgan fingerprint density at radius 1 is 1.09 bits per heavy atom. The van der Waals surface area contributed by atoms with Crippen LogP contribution >= 0.6 is 0 Å². The molecule has 0 saturated heterocycles. The Hall–Kier alpha value is -4.65. The van der Waals surface area contributed by atoms with E-state index in [0.29, 0.717) is 35.6 Å². The second-order valence-electron chi connectivity index (χ2n) is 8.78. The third-order valence-corrected chi connectivity index (χ3v) is 5.62. The van der Waals surface area contributed by atoms with Gasteiger partial charge < -0.3 is 10.8 Å². The van der Waals surface area contributed by atoms with Crippen molar-refractivity contribution in [1.29, 1.82) is 5.26 Å². The maximum atomic E-state index is 11.0. The maximum absolute atomic E-state index is 11.0. The number of nitrogens with zero attached hydrogens (tertiary/aromatic N) is 7. The van der Waals surface area contributed by atoms with Crippen LogP contribution in [0.25, 0.3) is 22.6 Å². The second-order valence-corrected chi connectivity index (χ2v) is 8.78. The molecule has 0 saturated carbocycles. The summed E-state index contributed by atoms with van der Waals surface area (Å²) in [6, 6.07) is 16.7. The van der Waals surface area contributed by atoms with E-state index in [-0.39, 0.29) is 17.8 Å². The molecular formula is C25H24N8O2. The number of nitriles is 1. The van der Waals surface area contributed by atoms with E-state index in [1.54, 1.807) is 35.1 Å². The minimum atomic E-state index is -0.823. The van der Waals surface area contributed by atoms with E-state index in [9.17, 15) is 10.1 Å². The Morgan fingerprint density at radius 3 is 2.63 bits per heavy atom. The molecule has 3 aromatic heterocycles. The Labute approximate surface area is 202 Å². The fourth-order valence-electron chi connectivity index (χ4n) is 3.64. The number of nitrogens with two attached hydrogens (primary N) is 1. The van der Waals surface area contributed by atoms with Gasteiger partial charge in [-0.05, 0) is 36.8 Å². The number of pyridine rings is 1. The Bertz CT molecular complexity index is 1420. The van der Waals surface area contributed by atoms with Crippen LogP contribution in [0.2, 0.25) is 0 Å². The van der Waals surface area contributed by atoms with Crippen LogP contribution in [-0.4, -0.2) is 41.0 Å². The van der Waals surface area contributed by atoms with E-state index in [0.717, 1.165) is 17.0 Å². The number of anilines is 1. The van der Waals surface area contributed by atoms with Crippen molar-refractivity contribution in [3.63, 3.8) is 0 Å². The molecule has 4 rings (SSSR count). The van der Waals surface area contributed by atoms with E-state index in [1.165, 1.54) is 0 Å². The molecule has 0 aliphatic carbocycles. The average Bonchev–Trinajstić information content (AvgIpc) is 3.31. The lowest BCUT2D eigenvalue weighted by atomic mass is 9.84. The standard InChI is InChI=1S/C25H24N8O2/c1-25(2,10-9-23(34)35)22-8-4-7-18(28-22)14-33-15-21(31-32-33)20-12-19(29-24(27)30-20)17-6-3-5-16(11-17)13-26/h3-8,11-12,15H,9-10,14H2,1-2H3,(H,34,35)(H2,27,29,30). The van der Waals surface area contributed by atoms with Gasteiger partial charge in [0.2, 0.25) is 5.95 Å². The molecule has 4 aromatic rings. The molecule has 1 aromatic carbocycles. The SMILES string of the molecule is CC(C)(CCC(=O)O)c1cccc(Cn2cc(-c3cc(-c4cccc(C#N)c4)nc(N)n3)nn2)n1. The lowest BCUT2D eigenvalue weighted by Crippen LogP contribution is -2.21. The van der Waals surface area contributed by atoms with Crippen molar-refractivity contribution in [1.82, 2.24) is 29.9 Å². The lowest BCUT2D eigenvalue weighted by molar-refractivity contribution is -0.137. The third kappa shape index (κ3) is 5.65. The van der Waals surface area contributed by atoms with Crippen molar-refractivity contribution in [3.8, 4) is 28.7 Å². The van der Waals surface area contributed by atoms with Crippen LogP contribution in [0.15, 0.2) is 54.7 Å². The molecule has 3 N–H and O–H groups in total.